The molecule has 0 aliphatic rings. The Balaban J connectivity index is 3.20. The van der Waals surface area contributed by atoms with E-state index >= 15 is 0 Å². The minimum Gasteiger partial charge on any atom is -0.394 e. The summed E-state index contributed by atoms with van der Waals surface area (Å²) in [7, 11) is 0. The van der Waals surface area contributed by atoms with Crippen molar-refractivity contribution in [3.63, 3.8) is 0 Å². The van der Waals surface area contributed by atoms with Crippen LogP contribution in [0.2, 0.25) is 0 Å². The monoisotopic (exact) mass is 264 g/mol. The lowest BCUT2D eigenvalue weighted by atomic mass is 9.85. The molecule has 0 radical (unpaired) electrons. The highest BCUT2D eigenvalue weighted by atomic mass is 16.3. The lowest BCUT2D eigenvalue weighted by molar-refractivity contribution is 0.0690. The fraction of sp³-hybridized carbons (Fsp3) is 0.467. The molecule has 19 heavy (non-hydrogen) atoms. The molecule has 2 N–H and O–H groups in total. The van der Waals surface area contributed by atoms with Crippen LogP contribution < -0.4 is 0 Å². The van der Waals surface area contributed by atoms with Crippen LogP contribution in [-0.2, 0) is 0 Å². The second kappa shape index (κ2) is 7.81. The standard InChI is InChI=1S/C15H20O4/c1-2-3-6-13(15(19)10-18)12-7-4-5-11(8-16)14(12)9-17/h4-5,7-9,13,15,18-19H,2-3,6,10H2,1H3. The summed E-state index contributed by atoms with van der Waals surface area (Å²) in [6, 6.07) is 4.99. The van der Waals surface area contributed by atoms with Crippen molar-refractivity contribution in [2.45, 2.75) is 38.2 Å². The van der Waals surface area contributed by atoms with Crippen molar-refractivity contribution in [1.82, 2.24) is 0 Å². The van der Waals surface area contributed by atoms with Crippen molar-refractivity contribution in [2.24, 2.45) is 0 Å². The first-order valence-corrected chi connectivity index (χ1v) is 6.51. The third-order valence-electron chi connectivity index (χ3n) is 3.34. The van der Waals surface area contributed by atoms with Crippen LogP contribution in [-0.4, -0.2) is 35.5 Å². The van der Waals surface area contributed by atoms with Crippen LogP contribution in [0.25, 0.3) is 0 Å². The van der Waals surface area contributed by atoms with Crippen LogP contribution in [0, 0.1) is 0 Å². The first-order chi connectivity index (χ1) is 9.19. The molecule has 4 heteroatoms. The smallest absolute Gasteiger partial charge is 0.151 e. The first kappa shape index (κ1) is 15.5. The van der Waals surface area contributed by atoms with E-state index in [9.17, 15) is 14.7 Å². The third kappa shape index (κ3) is 3.72. The Kier molecular flexibility index (Phi) is 6.39. The predicted octanol–water partition coefficient (Wildman–Crippen LogP) is 1.94. The van der Waals surface area contributed by atoms with Crippen molar-refractivity contribution in [1.29, 1.82) is 0 Å². The fourth-order valence-electron chi connectivity index (χ4n) is 2.27. The van der Waals surface area contributed by atoms with Crippen molar-refractivity contribution < 1.29 is 19.8 Å². The number of carbonyl (C=O) groups excluding carboxylic acids is 2. The number of rotatable bonds is 8. The van der Waals surface area contributed by atoms with Crippen molar-refractivity contribution >= 4 is 12.6 Å². The van der Waals surface area contributed by atoms with Gasteiger partial charge in [-0.15, -0.1) is 0 Å². The molecule has 1 aromatic carbocycles. The highest BCUT2D eigenvalue weighted by Gasteiger charge is 2.23. The van der Waals surface area contributed by atoms with E-state index < -0.39 is 6.10 Å². The van der Waals surface area contributed by atoms with Gasteiger partial charge in [-0.25, -0.2) is 0 Å². The maximum Gasteiger partial charge on any atom is 0.151 e. The number of hydrogen-bond acceptors (Lipinski definition) is 4. The number of unbranched alkanes of at least 4 members (excludes halogenated alkanes) is 1. The highest BCUT2D eigenvalue weighted by Crippen LogP contribution is 2.29. The zero-order valence-corrected chi connectivity index (χ0v) is 11.1. The van der Waals surface area contributed by atoms with E-state index in [4.69, 9.17) is 5.11 Å². The normalized spacial score (nSPS) is 13.8. The van der Waals surface area contributed by atoms with Crippen LogP contribution >= 0.6 is 0 Å². The van der Waals surface area contributed by atoms with Crippen LogP contribution in [0.3, 0.4) is 0 Å². The second-order valence-electron chi connectivity index (χ2n) is 4.58. The van der Waals surface area contributed by atoms with E-state index in [1.165, 1.54) is 0 Å². The van der Waals surface area contributed by atoms with E-state index in [2.05, 4.69) is 0 Å². The van der Waals surface area contributed by atoms with Gasteiger partial charge in [-0.05, 0) is 12.0 Å². The molecule has 0 fully saturated rings. The number of aliphatic hydroxyl groups is 2. The van der Waals surface area contributed by atoms with Gasteiger partial charge < -0.3 is 10.2 Å². The molecule has 2 atom stereocenters. The largest absolute Gasteiger partial charge is 0.394 e. The molecule has 0 bridgehead atoms. The summed E-state index contributed by atoms with van der Waals surface area (Å²) < 4.78 is 0. The molecule has 0 aliphatic carbocycles. The summed E-state index contributed by atoms with van der Waals surface area (Å²) in [5.74, 6) is -0.329. The topological polar surface area (TPSA) is 74.6 Å². The van der Waals surface area contributed by atoms with Gasteiger partial charge in [0.2, 0.25) is 0 Å². The summed E-state index contributed by atoms with van der Waals surface area (Å²) in [4.78, 5) is 22.1. The lowest BCUT2D eigenvalue weighted by Crippen LogP contribution is -2.24. The average Bonchev–Trinajstić information content (AvgIpc) is 2.46. The number of hydrogen-bond donors (Lipinski definition) is 2. The molecule has 104 valence electrons. The van der Waals surface area contributed by atoms with Crippen LogP contribution in [0.1, 0.15) is 58.4 Å². The SMILES string of the molecule is CCCCC(c1cccc(C=O)c1C=O)C(O)CO. The Morgan fingerprint density at radius 2 is 2.00 bits per heavy atom. The average molecular weight is 264 g/mol. The summed E-state index contributed by atoms with van der Waals surface area (Å²) in [6.45, 7) is 1.67. The van der Waals surface area contributed by atoms with Crippen LogP contribution in [0.4, 0.5) is 0 Å². The van der Waals surface area contributed by atoms with Gasteiger partial charge >= 0.3 is 0 Å². The predicted molar refractivity (Wildman–Crippen MR) is 72.6 cm³/mol. The number of aldehydes is 2. The first-order valence-electron chi connectivity index (χ1n) is 6.51. The van der Waals surface area contributed by atoms with E-state index in [-0.39, 0.29) is 12.5 Å². The summed E-state index contributed by atoms with van der Waals surface area (Å²) in [6.07, 6.45) is 2.86. The molecule has 0 spiro atoms. The number of benzene rings is 1. The van der Waals surface area contributed by atoms with Gasteiger partial charge in [0.25, 0.3) is 0 Å². The molecule has 1 aromatic rings. The molecule has 0 aliphatic heterocycles. The van der Waals surface area contributed by atoms with E-state index in [1.807, 2.05) is 6.92 Å². The molecule has 0 saturated carbocycles. The molecular weight excluding hydrogens is 244 g/mol. The summed E-state index contributed by atoms with van der Waals surface area (Å²) >= 11 is 0. The number of carbonyl (C=O) groups is 2. The van der Waals surface area contributed by atoms with E-state index in [0.717, 1.165) is 12.8 Å². The Labute approximate surface area is 113 Å². The fourth-order valence-corrected chi connectivity index (χ4v) is 2.27. The zero-order valence-electron chi connectivity index (χ0n) is 11.1. The second-order valence-corrected chi connectivity index (χ2v) is 4.58. The van der Waals surface area contributed by atoms with Gasteiger partial charge in [-0.2, -0.15) is 0 Å². The Morgan fingerprint density at radius 1 is 1.26 bits per heavy atom. The van der Waals surface area contributed by atoms with E-state index in [0.29, 0.717) is 35.7 Å². The third-order valence-corrected chi connectivity index (χ3v) is 3.34. The molecule has 4 nitrogen and oxygen atoms in total. The number of aliphatic hydroxyl groups excluding tert-OH is 2. The van der Waals surface area contributed by atoms with Gasteiger partial charge in [-0.3, -0.25) is 9.59 Å². The minimum absolute atomic E-state index is 0.311. The van der Waals surface area contributed by atoms with Crippen molar-refractivity contribution in [3.05, 3.63) is 34.9 Å². The van der Waals surface area contributed by atoms with Gasteiger partial charge in [0.1, 0.15) is 0 Å². The Bertz CT molecular complexity index is 428. The van der Waals surface area contributed by atoms with Crippen molar-refractivity contribution in [2.75, 3.05) is 6.61 Å². The van der Waals surface area contributed by atoms with Gasteiger partial charge in [0, 0.05) is 17.0 Å². The maximum atomic E-state index is 11.2. The van der Waals surface area contributed by atoms with Gasteiger partial charge in [0.05, 0.1) is 12.7 Å². The zero-order chi connectivity index (χ0) is 14.3. The minimum atomic E-state index is -0.924. The van der Waals surface area contributed by atoms with E-state index in [1.54, 1.807) is 18.2 Å². The highest BCUT2D eigenvalue weighted by molar-refractivity contribution is 5.91. The molecule has 0 heterocycles. The van der Waals surface area contributed by atoms with Crippen LogP contribution in [0.5, 0.6) is 0 Å². The quantitative estimate of drug-likeness (QED) is 0.704. The molecule has 0 saturated heterocycles. The van der Waals surface area contributed by atoms with Gasteiger partial charge in [0.15, 0.2) is 12.6 Å². The summed E-state index contributed by atoms with van der Waals surface area (Å²) in [5, 5.41) is 19.1. The Hall–Kier alpha value is -1.52. The molecular formula is C15H20O4. The Morgan fingerprint density at radius 3 is 2.53 bits per heavy atom. The lowest BCUT2D eigenvalue weighted by Gasteiger charge is -2.23. The van der Waals surface area contributed by atoms with Crippen LogP contribution in [0.15, 0.2) is 18.2 Å². The molecule has 0 amide bonds. The molecule has 2 unspecified atom stereocenters. The van der Waals surface area contributed by atoms with Crippen molar-refractivity contribution in [3.8, 4) is 0 Å². The maximum absolute atomic E-state index is 11.2. The summed E-state index contributed by atoms with van der Waals surface area (Å²) in [5.41, 5.74) is 1.26. The molecule has 1 rings (SSSR count). The van der Waals surface area contributed by atoms with Gasteiger partial charge in [-0.1, -0.05) is 38.0 Å². The molecule has 0 aromatic heterocycles.